The molecule has 10 heavy (non-hydrogen) atoms. The minimum atomic E-state index is 0.728. The van der Waals surface area contributed by atoms with Gasteiger partial charge < -0.3 is 5.73 Å². The second kappa shape index (κ2) is 2.36. The van der Waals surface area contributed by atoms with Gasteiger partial charge in [0, 0.05) is 11.4 Å². The zero-order valence-corrected chi connectivity index (χ0v) is 6.71. The Bertz CT molecular complexity index is 239. The van der Waals surface area contributed by atoms with Gasteiger partial charge in [-0.25, -0.2) is 0 Å². The standard InChI is InChI=1S/C8H11NS/c9-4-6-5-10-8-3-1-2-7(6)8/h5H,1-4,9H2. The van der Waals surface area contributed by atoms with Crippen molar-refractivity contribution >= 4 is 11.3 Å². The van der Waals surface area contributed by atoms with Crippen LogP contribution in [0.1, 0.15) is 22.4 Å². The fourth-order valence-electron chi connectivity index (χ4n) is 1.57. The Morgan fingerprint density at radius 3 is 3.20 bits per heavy atom. The fraction of sp³-hybridized carbons (Fsp3) is 0.500. The number of hydrogen-bond acceptors (Lipinski definition) is 2. The molecule has 0 aromatic carbocycles. The van der Waals surface area contributed by atoms with E-state index in [0.29, 0.717) is 0 Å². The molecule has 0 radical (unpaired) electrons. The Kier molecular flexibility index (Phi) is 1.51. The number of thiophene rings is 1. The summed E-state index contributed by atoms with van der Waals surface area (Å²) in [5.74, 6) is 0. The SMILES string of the molecule is NCc1csc2c1CCC2. The molecule has 2 N–H and O–H groups in total. The minimum Gasteiger partial charge on any atom is -0.326 e. The first-order chi connectivity index (χ1) is 4.92. The first-order valence-electron chi connectivity index (χ1n) is 3.70. The van der Waals surface area contributed by atoms with Crippen molar-refractivity contribution < 1.29 is 0 Å². The summed E-state index contributed by atoms with van der Waals surface area (Å²) in [6, 6.07) is 0. The van der Waals surface area contributed by atoms with Gasteiger partial charge in [-0.2, -0.15) is 0 Å². The van der Waals surface area contributed by atoms with E-state index < -0.39 is 0 Å². The smallest absolute Gasteiger partial charge is 0.0189 e. The van der Waals surface area contributed by atoms with E-state index in [-0.39, 0.29) is 0 Å². The molecular formula is C8H11NS. The molecule has 0 atom stereocenters. The monoisotopic (exact) mass is 153 g/mol. The molecule has 0 bridgehead atoms. The summed E-state index contributed by atoms with van der Waals surface area (Å²) in [4.78, 5) is 1.58. The zero-order chi connectivity index (χ0) is 6.97. The second-order valence-electron chi connectivity index (χ2n) is 2.72. The van der Waals surface area contributed by atoms with Crippen LogP contribution in [-0.4, -0.2) is 0 Å². The van der Waals surface area contributed by atoms with Crippen LogP contribution in [0.3, 0.4) is 0 Å². The molecule has 54 valence electrons. The van der Waals surface area contributed by atoms with Gasteiger partial charge in [-0.3, -0.25) is 0 Å². The van der Waals surface area contributed by atoms with Gasteiger partial charge in [0.05, 0.1) is 0 Å². The summed E-state index contributed by atoms with van der Waals surface area (Å²) in [5.41, 5.74) is 8.52. The van der Waals surface area contributed by atoms with E-state index in [2.05, 4.69) is 5.38 Å². The summed E-state index contributed by atoms with van der Waals surface area (Å²) in [7, 11) is 0. The van der Waals surface area contributed by atoms with Gasteiger partial charge in [0.1, 0.15) is 0 Å². The summed E-state index contributed by atoms with van der Waals surface area (Å²) < 4.78 is 0. The highest BCUT2D eigenvalue weighted by atomic mass is 32.1. The molecule has 0 fully saturated rings. The lowest BCUT2D eigenvalue weighted by Gasteiger charge is -1.93. The van der Waals surface area contributed by atoms with Crippen LogP contribution in [0.4, 0.5) is 0 Å². The number of rotatable bonds is 1. The highest BCUT2D eigenvalue weighted by molar-refractivity contribution is 7.10. The maximum Gasteiger partial charge on any atom is 0.0189 e. The number of hydrogen-bond donors (Lipinski definition) is 1. The molecule has 2 heteroatoms. The maximum absolute atomic E-state index is 5.57. The Hall–Kier alpha value is -0.340. The van der Waals surface area contributed by atoms with E-state index in [1.54, 1.807) is 10.4 Å². The lowest BCUT2D eigenvalue weighted by Crippen LogP contribution is -1.96. The van der Waals surface area contributed by atoms with Crippen LogP contribution >= 0.6 is 11.3 Å². The minimum absolute atomic E-state index is 0.728. The molecule has 1 nitrogen and oxygen atoms in total. The first-order valence-corrected chi connectivity index (χ1v) is 4.58. The van der Waals surface area contributed by atoms with Crippen molar-refractivity contribution in [2.24, 2.45) is 5.73 Å². The average Bonchev–Trinajstić information content (AvgIpc) is 2.44. The van der Waals surface area contributed by atoms with E-state index in [4.69, 9.17) is 5.73 Å². The number of nitrogens with two attached hydrogens (primary N) is 1. The molecule has 0 spiro atoms. The summed E-state index contributed by atoms with van der Waals surface area (Å²) in [6.45, 7) is 0.728. The Labute approximate surface area is 64.9 Å². The molecule has 0 aliphatic heterocycles. The third kappa shape index (κ3) is 0.796. The van der Waals surface area contributed by atoms with Crippen molar-refractivity contribution in [1.29, 1.82) is 0 Å². The van der Waals surface area contributed by atoms with Gasteiger partial charge in [-0.05, 0) is 35.8 Å². The first kappa shape index (κ1) is 6.38. The van der Waals surface area contributed by atoms with Crippen molar-refractivity contribution in [3.05, 3.63) is 21.4 Å². The van der Waals surface area contributed by atoms with Crippen molar-refractivity contribution in [3.63, 3.8) is 0 Å². The van der Waals surface area contributed by atoms with E-state index in [1.807, 2.05) is 11.3 Å². The molecule has 0 saturated heterocycles. The lowest BCUT2D eigenvalue weighted by atomic mass is 10.1. The van der Waals surface area contributed by atoms with E-state index in [0.717, 1.165) is 6.54 Å². The van der Waals surface area contributed by atoms with Crippen LogP contribution in [0.25, 0.3) is 0 Å². The molecule has 1 aromatic rings. The molecule has 0 unspecified atom stereocenters. The van der Waals surface area contributed by atoms with Crippen LogP contribution in [0, 0.1) is 0 Å². The van der Waals surface area contributed by atoms with Crippen LogP contribution in [0.5, 0.6) is 0 Å². The molecule has 0 saturated carbocycles. The Morgan fingerprint density at radius 1 is 1.50 bits per heavy atom. The van der Waals surface area contributed by atoms with Gasteiger partial charge in [0.25, 0.3) is 0 Å². The van der Waals surface area contributed by atoms with Crippen molar-refractivity contribution in [1.82, 2.24) is 0 Å². The van der Waals surface area contributed by atoms with Crippen LogP contribution in [0.15, 0.2) is 5.38 Å². The van der Waals surface area contributed by atoms with Gasteiger partial charge in [0.2, 0.25) is 0 Å². The molecule has 1 aliphatic rings. The molecule has 1 aromatic heterocycles. The highest BCUT2D eigenvalue weighted by Gasteiger charge is 2.15. The Morgan fingerprint density at radius 2 is 2.40 bits per heavy atom. The molecule has 1 heterocycles. The van der Waals surface area contributed by atoms with Gasteiger partial charge in [-0.1, -0.05) is 0 Å². The van der Waals surface area contributed by atoms with Crippen molar-refractivity contribution in [2.75, 3.05) is 0 Å². The number of fused-ring (bicyclic) bond motifs is 1. The zero-order valence-electron chi connectivity index (χ0n) is 5.89. The predicted octanol–water partition coefficient (Wildman–Crippen LogP) is 1.70. The molecule has 2 rings (SSSR count). The average molecular weight is 153 g/mol. The van der Waals surface area contributed by atoms with Gasteiger partial charge in [0.15, 0.2) is 0 Å². The van der Waals surface area contributed by atoms with Crippen LogP contribution in [0.2, 0.25) is 0 Å². The van der Waals surface area contributed by atoms with Crippen LogP contribution < -0.4 is 5.73 Å². The van der Waals surface area contributed by atoms with Gasteiger partial charge >= 0.3 is 0 Å². The molecular weight excluding hydrogens is 142 g/mol. The predicted molar refractivity (Wildman–Crippen MR) is 44.2 cm³/mol. The lowest BCUT2D eigenvalue weighted by molar-refractivity contribution is 0.903. The quantitative estimate of drug-likeness (QED) is 0.653. The fourth-order valence-corrected chi connectivity index (χ4v) is 2.73. The molecule has 1 aliphatic carbocycles. The third-order valence-corrected chi connectivity index (χ3v) is 3.26. The highest BCUT2D eigenvalue weighted by Crippen LogP contribution is 2.30. The second-order valence-corrected chi connectivity index (χ2v) is 3.68. The molecule has 0 amide bonds. The number of aryl methyl sites for hydroxylation is 1. The van der Waals surface area contributed by atoms with Gasteiger partial charge in [-0.15, -0.1) is 11.3 Å². The van der Waals surface area contributed by atoms with E-state index in [1.165, 1.54) is 24.8 Å². The largest absolute Gasteiger partial charge is 0.326 e. The van der Waals surface area contributed by atoms with E-state index in [9.17, 15) is 0 Å². The Balaban J connectivity index is 2.44. The van der Waals surface area contributed by atoms with Crippen LogP contribution in [-0.2, 0) is 19.4 Å². The van der Waals surface area contributed by atoms with E-state index >= 15 is 0 Å². The van der Waals surface area contributed by atoms with Crippen molar-refractivity contribution in [2.45, 2.75) is 25.8 Å². The summed E-state index contributed by atoms with van der Waals surface area (Å²) >= 11 is 1.88. The maximum atomic E-state index is 5.57. The van der Waals surface area contributed by atoms with Crippen molar-refractivity contribution in [3.8, 4) is 0 Å². The third-order valence-electron chi connectivity index (χ3n) is 2.12. The summed E-state index contributed by atoms with van der Waals surface area (Å²) in [5, 5.41) is 2.21. The summed E-state index contributed by atoms with van der Waals surface area (Å²) in [6.07, 6.45) is 3.90. The topological polar surface area (TPSA) is 26.0 Å². The normalized spacial score (nSPS) is 15.7.